The first kappa shape index (κ1) is 15.6. The van der Waals surface area contributed by atoms with Gasteiger partial charge in [-0.3, -0.25) is 0 Å². The predicted molar refractivity (Wildman–Crippen MR) is 77.4 cm³/mol. The Kier molecular flexibility index (Phi) is 5.48. The third-order valence-electron chi connectivity index (χ3n) is 2.58. The lowest BCUT2D eigenvalue weighted by Gasteiger charge is -2.24. The molecule has 0 fully saturated rings. The highest BCUT2D eigenvalue weighted by Crippen LogP contribution is 2.27. The number of ether oxygens (including phenoxy) is 3. The first-order valence-corrected chi connectivity index (χ1v) is 6.49. The van der Waals surface area contributed by atoms with Crippen LogP contribution in [0.25, 0.3) is 0 Å². The van der Waals surface area contributed by atoms with Gasteiger partial charge in [-0.15, -0.1) is 0 Å². The van der Waals surface area contributed by atoms with Crippen molar-refractivity contribution in [3.63, 3.8) is 0 Å². The predicted octanol–water partition coefficient (Wildman–Crippen LogP) is 2.86. The maximum Gasteiger partial charge on any atom is 0.127 e. The summed E-state index contributed by atoms with van der Waals surface area (Å²) in [6, 6.07) is 5.54. The van der Waals surface area contributed by atoms with Crippen molar-refractivity contribution in [2.45, 2.75) is 39.3 Å². The summed E-state index contributed by atoms with van der Waals surface area (Å²) in [6.07, 6.45) is 0.0658. The standard InChI is InChI=1S/C15H25NO3/c1-11(10-16-15(2,3)4)19-14-8-12(17-5)7-13(9-14)18-6/h7-9,11,16H,10H2,1-6H3. The quantitative estimate of drug-likeness (QED) is 0.860. The summed E-state index contributed by atoms with van der Waals surface area (Å²) in [5.41, 5.74) is 0.0870. The van der Waals surface area contributed by atoms with E-state index in [4.69, 9.17) is 14.2 Å². The molecule has 0 radical (unpaired) electrons. The summed E-state index contributed by atoms with van der Waals surface area (Å²) in [4.78, 5) is 0. The number of hydrogen-bond donors (Lipinski definition) is 1. The van der Waals surface area contributed by atoms with Gasteiger partial charge >= 0.3 is 0 Å². The number of methoxy groups -OCH3 is 2. The molecule has 1 N–H and O–H groups in total. The molecule has 4 heteroatoms. The topological polar surface area (TPSA) is 39.7 Å². The highest BCUT2D eigenvalue weighted by atomic mass is 16.5. The molecule has 1 unspecified atom stereocenters. The van der Waals surface area contributed by atoms with E-state index in [1.54, 1.807) is 14.2 Å². The molecule has 0 aliphatic carbocycles. The average molecular weight is 267 g/mol. The smallest absolute Gasteiger partial charge is 0.127 e. The highest BCUT2D eigenvalue weighted by molar-refractivity contribution is 5.42. The monoisotopic (exact) mass is 267 g/mol. The van der Waals surface area contributed by atoms with Crippen LogP contribution in [-0.4, -0.2) is 32.4 Å². The Morgan fingerprint density at radius 1 is 1.00 bits per heavy atom. The molecule has 0 saturated heterocycles. The van der Waals surface area contributed by atoms with Gasteiger partial charge in [-0.25, -0.2) is 0 Å². The van der Waals surface area contributed by atoms with Gasteiger partial charge in [-0.2, -0.15) is 0 Å². The second kappa shape index (κ2) is 6.66. The second-order valence-corrected chi connectivity index (χ2v) is 5.61. The number of benzene rings is 1. The maximum atomic E-state index is 5.87. The van der Waals surface area contributed by atoms with Crippen LogP contribution in [0, 0.1) is 0 Å². The van der Waals surface area contributed by atoms with Crippen LogP contribution in [0.4, 0.5) is 0 Å². The van der Waals surface area contributed by atoms with E-state index in [1.165, 1.54) is 0 Å². The van der Waals surface area contributed by atoms with Gasteiger partial charge in [-0.05, 0) is 27.7 Å². The van der Waals surface area contributed by atoms with Crippen molar-refractivity contribution >= 4 is 0 Å². The third kappa shape index (κ3) is 5.83. The van der Waals surface area contributed by atoms with Crippen LogP contribution >= 0.6 is 0 Å². The Balaban J connectivity index is 2.65. The molecule has 0 aromatic heterocycles. The Morgan fingerprint density at radius 2 is 1.47 bits per heavy atom. The van der Waals surface area contributed by atoms with Crippen LogP contribution in [0.5, 0.6) is 17.2 Å². The lowest BCUT2D eigenvalue weighted by Crippen LogP contribution is -2.41. The van der Waals surface area contributed by atoms with Crippen molar-refractivity contribution in [1.29, 1.82) is 0 Å². The van der Waals surface area contributed by atoms with Crippen molar-refractivity contribution in [3.8, 4) is 17.2 Å². The van der Waals surface area contributed by atoms with Crippen LogP contribution in [0.1, 0.15) is 27.7 Å². The second-order valence-electron chi connectivity index (χ2n) is 5.61. The highest BCUT2D eigenvalue weighted by Gasteiger charge is 2.12. The average Bonchev–Trinajstić information content (AvgIpc) is 2.35. The molecule has 19 heavy (non-hydrogen) atoms. The van der Waals surface area contributed by atoms with Gasteiger partial charge in [0.2, 0.25) is 0 Å². The summed E-state index contributed by atoms with van der Waals surface area (Å²) in [6.45, 7) is 9.21. The van der Waals surface area contributed by atoms with E-state index in [1.807, 2.05) is 25.1 Å². The lowest BCUT2D eigenvalue weighted by molar-refractivity contribution is 0.202. The van der Waals surface area contributed by atoms with Crippen molar-refractivity contribution in [2.75, 3.05) is 20.8 Å². The van der Waals surface area contributed by atoms with E-state index in [0.717, 1.165) is 23.8 Å². The number of rotatable bonds is 6. The first-order chi connectivity index (χ1) is 8.84. The van der Waals surface area contributed by atoms with Crippen molar-refractivity contribution < 1.29 is 14.2 Å². The van der Waals surface area contributed by atoms with Crippen LogP contribution in [0.2, 0.25) is 0 Å². The molecular weight excluding hydrogens is 242 g/mol. The molecule has 1 aromatic carbocycles. The minimum Gasteiger partial charge on any atom is -0.496 e. The SMILES string of the molecule is COc1cc(OC)cc(OC(C)CNC(C)(C)C)c1. The van der Waals surface area contributed by atoms with E-state index >= 15 is 0 Å². The van der Waals surface area contributed by atoms with E-state index in [2.05, 4.69) is 26.1 Å². The molecule has 0 amide bonds. The largest absolute Gasteiger partial charge is 0.496 e. The number of hydrogen-bond acceptors (Lipinski definition) is 4. The Bertz CT molecular complexity index is 377. The van der Waals surface area contributed by atoms with Crippen molar-refractivity contribution in [3.05, 3.63) is 18.2 Å². The van der Waals surface area contributed by atoms with Gasteiger partial charge in [0.1, 0.15) is 23.4 Å². The zero-order valence-corrected chi connectivity index (χ0v) is 12.7. The molecule has 0 saturated carbocycles. The Labute approximate surface area is 116 Å². The fraction of sp³-hybridized carbons (Fsp3) is 0.600. The molecule has 0 heterocycles. The summed E-state index contributed by atoms with van der Waals surface area (Å²) >= 11 is 0. The first-order valence-electron chi connectivity index (χ1n) is 6.49. The molecule has 0 aliphatic rings. The number of nitrogens with one attached hydrogen (secondary N) is 1. The van der Waals surface area contributed by atoms with Crippen LogP contribution in [0.15, 0.2) is 18.2 Å². The molecule has 0 aliphatic heterocycles. The zero-order chi connectivity index (χ0) is 14.5. The summed E-state index contributed by atoms with van der Waals surface area (Å²) in [7, 11) is 3.26. The van der Waals surface area contributed by atoms with Gasteiger partial charge in [0, 0.05) is 30.3 Å². The van der Waals surface area contributed by atoms with Crippen molar-refractivity contribution in [2.24, 2.45) is 0 Å². The van der Waals surface area contributed by atoms with E-state index in [-0.39, 0.29) is 11.6 Å². The van der Waals surface area contributed by atoms with Gasteiger partial charge in [0.15, 0.2) is 0 Å². The fourth-order valence-electron chi connectivity index (χ4n) is 1.57. The molecule has 108 valence electrons. The minimum absolute atomic E-state index is 0.0658. The molecule has 1 atom stereocenters. The Morgan fingerprint density at radius 3 is 1.89 bits per heavy atom. The normalized spacial score (nSPS) is 12.9. The summed E-state index contributed by atoms with van der Waals surface area (Å²) < 4.78 is 16.3. The third-order valence-corrected chi connectivity index (χ3v) is 2.58. The molecular formula is C15H25NO3. The Hall–Kier alpha value is -1.42. The minimum atomic E-state index is 0.0658. The van der Waals surface area contributed by atoms with E-state index < -0.39 is 0 Å². The molecule has 0 bridgehead atoms. The van der Waals surface area contributed by atoms with E-state index in [9.17, 15) is 0 Å². The van der Waals surface area contributed by atoms with Crippen LogP contribution in [-0.2, 0) is 0 Å². The molecule has 4 nitrogen and oxygen atoms in total. The summed E-state index contributed by atoms with van der Waals surface area (Å²) in [5.74, 6) is 2.20. The summed E-state index contributed by atoms with van der Waals surface area (Å²) in [5, 5.41) is 3.41. The van der Waals surface area contributed by atoms with E-state index in [0.29, 0.717) is 0 Å². The van der Waals surface area contributed by atoms with Crippen LogP contribution < -0.4 is 19.5 Å². The van der Waals surface area contributed by atoms with Gasteiger partial charge in [0.05, 0.1) is 14.2 Å². The molecule has 0 spiro atoms. The van der Waals surface area contributed by atoms with Gasteiger partial charge in [-0.1, -0.05) is 0 Å². The molecule has 1 aromatic rings. The lowest BCUT2D eigenvalue weighted by atomic mass is 10.1. The fourth-order valence-corrected chi connectivity index (χ4v) is 1.57. The van der Waals surface area contributed by atoms with Gasteiger partial charge < -0.3 is 19.5 Å². The zero-order valence-electron chi connectivity index (χ0n) is 12.7. The van der Waals surface area contributed by atoms with Gasteiger partial charge in [0.25, 0.3) is 0 Å². The molecule has 1 rings (SSSR count). The maximum absolute atomic E-state index is 5.87. The van der Waals surface area contributed by atoms with Crippen LogP contribution in [0.3, 0.4) is 0 Å². The van der Waals surface area contributed by atoms with Crippen molar-refractivity contribution in [1.82, 2.24) is 5.32 Å².